The zero-order valence-electron chi connectivity index (χ0n) is 8.70. The summed E-state index contributed by atoms with van der Waals surface area (Å²) in [5.41, 5.74) is 6.59. The van der Waals surface area contributed by atoms with E-state index in [1.807, 2.05) is 30.3 Å². The third-order valence-corrected chi connectivity index (χ3v) is 2.83. The second-order valence-corrected chi connectivity index (χ2v) is 3.96. The zero-order chi connectivity index (χ0) is 10.5. The summed E-state index contributed by atoms with van der Waals surface area (Å²) in [5.74, 6) is 0.331. The van der Waals surface area contributed by atoms with Crippen LogP contribution < -0.4 is 10.9 Å². The minimum absolute atomic E-state index is 0.122. The average Bonchev–Trinajstić information content (AvgIpc) is 2.81. The number of rotatable bonds is 3. The lowest BCUT2D eigenvalue weighted by molar-refractivity contribution is -0.124. The Morgan fingerprint density at radius 1 is 1.13 bits per heavy atom. The van der Waals surface area contributed by atoms with Gasteiger partial charge in [-0.1, -0.05) is 31.0 Å². The maximum absolute atomic E-state index is 11.6. The number of para-hydroxylation sites is 1. The molecule has 1 aromatic rings. The minimum Gasteiger partial charge on any atom is -0.299 e. The van der Waals surface area contributed by atoms with Gasteiger partial charge < -0.3 is 0 Å². The molecule has 1 aliphatic carbocycles. The summed E-state index contributed by atoms with van der Waals surface area (Å²) in [7, 11) is 0. The third-order valence-electron chi connectivity index (χ3n) is 2.83. The van der Waals surface area contributed by atoms with E-state index in [0.717, 1.165) is 18.5 Å². The summed E-state index contributed by atoms with van der Waals surface area (Å²) in [5, 5.41) is 0. The van der Waals surface area contributed by atoms with Gasteiger partial charge in [-0.3, -0.25) is 15.6 Å². The van der Waals surface area contributed by atoms with Crippen molar-refractivity contribution < 1.29 is 4.79 Å². The Balaban J connectivity index is 1.80. The molecule has 1 saturated carbocycles. The highest BCUT2D eigenvalue weighted by atomic mass is 16.2. The third kappa shape index (κ3) is 2.72. The lowest BCUT2D eigenvalue weighted by Crippen LogP contribution is -2.33. The molecule has 3 nitrogen and oxygen atoms in total. The highest BCUT2D eigenvalue weighted by Gasteiger charge is 2.22. The summed E-state index contributed by atoms with van der Waals surface area (Å²) in [4.78, 5) is 11.6. The van der Waals surface area contributed by atoms with Crippen LogP contribution in [0.2, 0.25) is 0 Å². The molecule has 0 bridgehead atoms. The Bertz CT molecular complexity index is 318. The number of nitrogens with one attached hydrogen (secondary N) is 2. The van der Waals surface area contributed by atoms with Crippen LogP contribution in [-0.2, 0) is 4.79 Å². The lowest BCUT2D eigenvalue weighted by atomic mass is 10.1. The second-order valence-electron chi connectivity index (χ2n) is 3.96. The van der Waals surface area contributed by atoms with Crippen molar-refractivity contribution in [2.24, 2.45) is 5.92 Å². The van der Waals surface area contributed by atoms with Crippen LogP contribution in [-0.4, -0.2) is 5.91 Å². The summed E-state index contributed by atoms with van der Waals surface area (Å²) < 4.78 is 0. The number of hydrazine groups is 1. The van der Waals surface area contributed by atoms with Gasteiger partial charge in [0.05, 0.1) is 5.69 Å². The van der Waals surface area contributed by atoms with Crippen molar-refractivity contribution >= 4 is 11.6 Å². The molecule has 80 valence electrons. The molecule has 15 heavy (non-hydrogen) atoms. The molecule has 1 amide bonds. The lowest BCUT2D eigenvalue weighted by Gasteiger charge is -2.11. The molecular weight excluding hydrogens is 188 g/mol. The first-order valence-corrected chi connectivity index (χ1v) is 5.47. The van der Waals surface area contributed by atoms with Gasteiger partial charge in [-0.15, -0.1) is 0 Å². The van der Waals surface area contributed by atoms with E-state index in [9.17, 15) is 4.79 Å². The van der Waals surface area contributed by atoms with Gasteiger partial charge in [0.2, 0.25) is 5.91 Å². The van der Waals surface area contributed by atoms with E-state index in [1.54, 1.807) is 0 Å². The standard InChI is InChI=1S/C12H16N2O/c15-12(10-6-4-5-7-10)14-13-11-8-2-1-3-9-11/h1-3,8-10,13H,4-7H2,(H,14,15). The minimum atomic E-state index is 0.122. The number of anilines is 1. The van der Waals surface area contributed by atoms with E-state index in [0.29, 0.717) is 0 Å². The first-order chi connectivity index (χ1) is 7.36. The normalized spacial score (nSPS) is 16.3. The molecule has 1 fully saturated rings. The first-order valence-electron chi connectivity index (χ1n) is 5.47. The van der Waals surface area contributed by atoms with Gasteiger partial charge in [-0.2, -0.15) is 0 Å². The van der Waals surface area contributed by atoms with Crippen molar-refractivity contribution in [1.82, 2.24) is 5.43 Å². The monoisotopic (exact) mass is 204 g/mol. The van der Waals surface area contributed by atoms with Gasteiger partial charge in [0, 0.05) is 5.92 Å². The molecule has 3 heteroatoms. The van der Waals surface area contributed by atoms with Crippen molar-refractivity contribution in [3.8, 4) is 0 Å². The molecule has 0 unspecified atom stereocenters. The molecule has 0 heterocycles. The Kier molecular flexibility index (Phi) is 3.22. The highest BCUT2D eigenvalue weighted by molar-refractivity contribution is 5.80. The van der Waals surface area contributed by atoms with Gasteiger partial charge in [-0.05, 0) is 25.0 Å². The van der Waals surface area contributed by atoms with Crippen LogP contribution in [0.15, 0.2) is 30.3 Å². The van der Waals surface area contributed by atoms with E-state index in [1.165, 1.54) is 12.8 Å². The molecule has 0 spiro atoms. The second kappa shape index (κ2) is 4.82. The highest BCUT2D eigenvalue weighted by Crippen LogP contribution is 2.24. The Morgan fingerprint density at radius 3 is 2.47 bits per heavy atom. The summed E-state index contributed by atoms with van der Waals surface area (Å²) in [6.07, 6.45) is 4.43. The molecule has 0 aliphatic heterocycles. The van der Waals surface area contributed by atoms with E-state index in [2.05, 4.69) is 10.9 Å². The molecule has 1 aliphatic rings. The van der Waals surface area contributed by atoms with Crippen molar-refractivity contribution in [2.75, 3.05) is 5.43 Å². The van der Waals surface area contributed by atoms with Crippen LogP contribution in [0.1, 0.15) is 25.7 Å². The van der Waals surface area contributed by atoms with E-state index >= 15 is 0 Å². The predicted octanol–water partition coefficient (Wildman–Crippen LogP) is 2.32. The zero-order valence-corrected chi connectivity index (χ0v) is 8.70. The average molecular weight is 204 g/mol. The molecule has 0 saturated heterocycles. The largest absolute Gasteiger partial charge is 0.299 e. The van der Waals surface area contributed by atoms with Crippen molar-refractivity contribution in [2.45, 2.75) is 25.7 Å². The Morgan fingerprint density at radius 2 is 1.80 bits per heavy atom. The van der Waals surface area contributed by atoms with E-state index in [4.69, 9.17) is 0 Å². The molecule has 0 radical (unpaired) electrons. The Labute approximate surface area is 89.8 Å². The quantitative estimate of drug-likeness (QED) is 0.742. The topological polar surface area (TPSA) is 41.1 Å². The molecule has 0 aromatic heterocycles. The molecule has 1 aromatic carbocycles. The summed E-state index contributed by atoms with van der Waals surface area (Å²) in [6.45, 7) is 0. The maximum Gasteiger partial charge on any atom is 0.241 e. The van der Waals surface area contributed by atoms with E-state index < -0.39 is 0 Å². The summed E-state index contributed by atoms with van der Waals surface area (Å²) in [6, 6.07) is 9.67. The number of hydrogen-bond acceptors (Lipinski definition) is 2. The molecule has 2 rings (SSSR count). The maximum atomic E-state index is 11.6. The number of amides is 1. The fourth-order valence-corrected chi connectivity index (χ4v) is 1.95. The number of benzene rings is 1. The van der Waals surface area contributed by atoms with Gasteiger partial charge >= 0.3 is 0 Å². The smallest absolute Gasteiger partial charge is 0.241 e. The van der Waals surface area contributed by atoms with Gasteiger partial charge in [0.25, 0.3) is 0 Å². The van der Waals surface area contributed by atoms with Gasteiger partial charge in [0.15, 0.2) is 0 Å². The fourth-order valence-electron chi connectivity index (χ4n) is 1.95. The van der Waals surface area contributed by atoms with Crippen LogP contribution in [0.25, 0.3) is 0 Å². The van der Waals surface area contributed by atoms with Crippen molar-refractivity contribution in [1.29, 1.82) is 0 Å². The van der Waals surface area contributed by atoms with Gasteiger partial charge in [-0.25, -0.2) is 0 Å². The first kappa shape index (κ1) is 10.0. The summed E-state index contributed by atoms with van der Waals surface area (Å²) >= 11 is 0. The van der Waals surface area contributed by atoms with Crippen LogP contribution in [0.5, 0.6) is 0 Å². The van der Waals surface area contributed by atoms with Crippen LogP contribution in [0.3, 0.4) is 0 Å². The fraction of sp³-hybridized carbons (Fsp3) is 0.417. The number of hydrogen-bond donors (Lipinski definition) is 2. The van der Waals surface area contributed by atoms with Crippen LogP contribution >= 0.6 is 0 Å². The number of carbonyl (C=O) groups is 1. The van der Waals surface area contributed by atoms with Crippen molar-refractivity contribution in [3.63, 3.8) is 0 Å². The molecule has 0 atom stereocenters. The molecule has 2 N–H and O–H groups in total. The van der Waals surface area contributed by atoms with Crippen LogP contribution in [0.4, 0.5) is 5.69 Å². The SMILES string of the molecule is O=C(NNc1ccccc1)C1CCCC1. The van der Waals surface area contributed by atoms with Crippen molar-refractivity contribution in [3.05, 3.63) is 30.3 Å². The van der Waals surface area contributed by atoms with Crippen LogP contribution in [0, 0.1) is 5.92 Å². The predicted molar refractivity (Wildman–Crippen MR) is 60.2 cm³/mol. The van der Waals surface area contributed by atoms with Gasteiger partial charge in [0.1, 0.15) is 0 Å². The van der Waals surface area contributed by atoms with E-state index in [-0.39, 0.29) is 11.8 Å². The molecular formula is C12H16N2O. The Hall–Kier alpha value is -1.51. The number of carbonyl (C=O) groups excluding carboxylic acids is 1.